The quantitative estimate of drug-likeness (QED) is 0.214. The van der Waals surface area contributed by atoms with Crippen molar-refractivity contribution in [3.63, 3.8) is 0 Å². The maximum Gasteiger partial charge on any atom is 0.0324 e. The number of terminal acetylenes is 1. The molecule has 0 heterocycles. The van der Waals surface area contributed by atoms with Crippen LogP contribution in [-0.4, -0.2) is 0 Å². The van der Waals surface area contributed by atoms with Crippen molar-refractivity contribution in [2.75, 3.05) is 0 Å². The molecule has 0 aliphatic carbocycles. The van der Waals surface area contributed by atoms with E-state index < -0.39 is 0 Å². The predicted octanol–water partition coefficient (Wildman–Crippen LogP) is 10.6. The first-order chi connectivity index (χ1) is 19.3. The Morgan fingerprint density at radius 1 is 0.875 bits per heavy atom. The number of hydrogen-bond donors (Lipinski definition) is 1. The van der Waals surface area contributed by atoms with Crippen molar-refractivity contribution in [3.8, 4) is 23.5 Å². The number of rotatable bonds is 12. The molecule has 1 nitrogen and oxygen atoms in total. The second-order valence-electron chi connectivity index (χ2n) is 9.77. The molecule has 0 amide bonds. The minimum absolute atomic E-state index is 0.868. The van der Waals surface area contributed by atoms with E-state index in [-0.39, 0.29) is 0 Å². The fourth-order valence-electron chi connectivity index (χ4n) is 4.91. The summed E-state index contributed by atoms with van der Waals surface area (Å²) >= 11 is 0. The molecular weight excluding hydrogens is 482 g/mol. The van der Waals surface area contributed by atoms with Crippen LogP contribution in [0.25, 0.3) is 22.3 Å². The fourth-order valence-corrected chi connectivity index (χ4v) is 4.91. The van der Waals surface area contributed by atoms with E-state index in [4.69, 9.17) is 6.42 Å². The van der Waals surface area contributed by atoms with E-state index in [2.05, 4.69) is 101 Å². The number of allylic oxidation sites excluding steroid dienone is 13. The summed E-state index contributed by atoms with van der Waals surface area (Å²) in [7, 11) is 0. The molecule has 1 heteroatoms. The maximum absolute atomic E-state index is 6.02. The topological polar surface area (TPSA) is 12.0 Å². The van der Waals surface area contributed by atoms with Crippen molar-refractivity contribution >= 4 is 11.1 Å². The normalized spacial score (nSPS) is 12.9. The van der Waals surface area contributed by atoms with Crippen molar-refractivity contribution in [2.24, 2.45) is 0 Å². The van der Waals surface area contributed by atoms with Gasteiger partial charge in [-0.05, 0) is 105 Å². The zero-order valence-corrected chi connectivity index (χ0v) is 25.4. The van der Waals surface area contributed by atoms with E-state index in [0.29, 0.717) is 0 Å². The molecule has 40 heavy (non-hydrogen) atoms. The van der Waals surface area contributed by atoms with E-state index in [1.165, 1.54) is 33.4 Å². The molecule has 0 spiro atoms. The molecule has 0 saturated heterocycles. The Kier molecular flexibility index (Phi) is 13.3. The van der Waals surface area contributed by atoms with Gasteiger partial charge in [0.2, 0.25) is 0 Å². The third kappa shape index (κ3) is 8.36. The summed E-state index contributed by atoms with van der Waals surface area (Å²) in [5, 5.41) is 3.31. The van der Waals surface area contributed by atoms with Crippen LogP contribution < -0.4 is 5.32 Å². The first-order valence-electron chi connectivity index (χ1n) is 14.1. The monoisotopic (exact) mass is 527 g/mol. The summed E-state index contributed by atoms with van der Waals surface area (Å²) in [5.41, 5.74) is 12.8. The minimum Gasteiger partial charge on any atom is -0.367 e. The minimum atomic E-state index is 0.868. The molecule has 0 saturated carbocycles. The van der Waals surface area contributed by atoms with Crippen molar-refractivity contribution < 1.29 is 0 Å². The summed E-state index contributed by atoms with van der Waals surface area (Å²) in [5.74, 6) is 2.92. The standard InChI is InChI=1S/C39H45N/c1-10-15-18-21-35(28-40-26-19-16-11-2)39-31(9)37(24-22-33(39)14-5)36-25-23-34(38(29(6)7)30(36)8)27-32(13-4)20-17-12-3/h5,10-12,15-26,28,40H,6,13,27H2,1-4,7-9H3/b15-10-,16-11-,17-12-,21-18-,26-19+,32-20+,35-28-. The van der Waals surface area contributed by atoms with Gasteiger partial charge in [-0.3, -0.25) is 0 Å². The van der Waals surface area contributed by atoms with Gasteiger partial charge in [0.25, 0.3) is 0 Å². The first kappa shape index (κ1) is 31.9. The highest BCUT2D eigenvalue weighted by atomic mass is 14.8. The van der Waals surface area contributed by atoms with Crippen molar-refractivity contribution in [2.45, 2.75) is 61.3 Å². The fraction of sp³-hybridized carbons (Fsp3) is 0.231. The van der Waals surface area contributed by atoms with Crippen LogP contribution in [0.1, 0.15) is 74.4 Å². The zero-order chi connectivity index (χ0) is 29.5. The molecule has 0 aliphatic heterocycles. The molecule has 2 rings (SSSR count). The van der Waals surface area contributed by atoms with Crippen LogP contribution in [0, 0.1) is 26.2 Å². The molecule has 0 bridgehead atoms. The van der Waals surface area contributed by atoms with Crippen LogP contribution in [0.4, 0.5) is 0 Å². The van der Waals surface area contributed by atoms with Gasteiger partial charge in [-0.25, -0.2) is 0 Å². The molecule has 0 aliphatic rings. The van der Waals surface area contributed by atoms with Crippen LogP contribution >= 0.6 is 0 Å². The summed E-state index contributed by atoms with van der Waals surface area (Å²) in [4.78, 5) is 0. The zero-order valence-electron chi connectivity index (χ0n) is 25.4. The van der Waals surface area contributed by atoms with E-state index in [0.717, 1.165) is 40.7 Å². The van der Waals surface area contributed by atoms with Crippen LogP contribution in [0.2, 0.25) is 0 Å². The summed E-state index contributed by atoms with van der Waals surface area (Å²) in [6.45, 7) is 19.1. The lowest BCUT2D eigenvalue weighted by atomic mass is 9.83. The SMILES string of the molecule is C#Cc1ccc(-c2ccc(C/C(=C/C=C\C)CC)c(C(=C)C)c2C)c(C)c1C(/C=C\C=C/C)=C\N/C=C/C=C\C. The Labute approximate surface area is 243 Å². The molecule has 0 radical (unpaired) electrons. The van der Waals surface area contributed by atoms with Crippen molar-refractivity contribution in [1.82, 2.24) is 5.32 Å². The first-order valence-corrected chi connectivity index (χ1v) is 14.1. The number of benzene rings is 2. The molecule has 0 atom stereocenters. The van der Waals surface area contributed by atoms with E-state index in [9.17, 15) is 0 Å². The largest absolute Gasteiger partial charge is 0.367 e. The lowest BCUT2D eigenvalue weighted by molar-refractivity contribution is 0.999. The van der Waals surface area contributed by atoms with Gasteiger partial charge in [0.15, 0.2) is 0 Å². The maximum atomic E-state index is 6.02. The molecule has 0 fully saturated rings. The molecule has 1 N–H and O–H groups in total. The van der Waals surface area contributed by atoms with Gasteiger partial charge in [0.05, 0.1) is 0 Å². The van der Waals surface area contributed by atoms with Crippen LogP contribution in [0.5, 0.6) is 0 Å². The Bertz CT molecular complexity index is 1440. The van der Waals surface area contributed by atoms with Crippen molar-refractivity contribution in [3.05, 3.63) is 143 Å². The number of nitrogens with one attached hydrogen (secondary N) is 1. The Hall–Kier alpha value is -4.28. The Balaban J connectivity index is 2.76. The third-order valence-electron chi connectivity index (χ3n) is 6.89. The second-order valence-corrected chi connectivity index (χ2v) is 9.77. The van der Waals surface area contributed by atoms with Crippen LogP contribution in [0.15, 0.2) is 110 Å². The molecular formula is C39H45N. The van der Waals surface area contributed by atoms with Crippen molar-refractivity contribution in [1.29, 1.82) is 0 Å². The molecule has 206 valence electrons. The lowest BCUT2D eigenvalue weighted by Gasteiger charge is -2.21. The summed E-state index contributed by atoms with van der Waals surface area (Å²) < 4.78 is 0. The summed E-state index contributed by atoms with van der Waals surface area (Å²) in [6, 6.07) is 8.76. The van der Waals surface area contributed by atoms with Gasteiger partial charge in [-0.1, -0.05) is 103 Å². The Morgan fingerprint density at radius 3 is 2.10 bits per heavy atom. The highest BCUT2D eigenvalue weighted by Crippen LogP contribution is 2.37. The van der Waals surface area contributed by atoms with Gasteiger partial charge in [-0.15, -0.1) is 6.42 Å². The highest BCUT2D eigenvalue weighted by Gasteiger charge is 2.18. The van der Waals surface area contributed by atoms with Gasteiger partial charge >= 0.3 is 0 Å². The average Bonchev–Trinajstić information content (AvgIpc) is 2.94. The van der Waals surface area contributed by atoms with E-state index in [1.54, 1.807) is 0 Å². The smallest absolute Gasteiger partial charge is 0.0324 e. The van der Waals surface area contributed by atoms with Gasteiger partial charge < -0.3 is 5.32 Å². The lowest BCUT2D eigenvalue weighted by Crippen LogP contribution is -2.03. The second kappa shape index (κ2) is 16.6. The predicted molar refractivity (Wildman–Crippen MR) is 180 cm³/mol. The number of hydrogen-bond acceptors (Lipinski definition) is 1. The third-order valence-corrected chi connectivity index (χ3v) is 6.89. The molecule has 2 aromatic rings. The van der Waals surface area contributed by atoms with E-state index >= 15 is 0 Å². The molecule has 0 unspecified atom stereocenters. The van der Waals surface area contributed by atoms with Crippen LogP contribution in [-0.2, 0) is 6.42 Å². The van der Waals surface area contributed by atoms with Gasteiger partial charge in [0, 0.05) is 23.5 Å². The molecule has 0 aromatic heterocycles. The van der Waals surface area contributed by atoms with Crippen LogP contribution in [0.3, 0.4) is 0 Å². The van der Waals surface area contributed by atoms with Gasteiger partial charge in [0.1, 0.15) is 0 Å². The Morgan fingerprint density at radius 2 is 1.50 bits per heavy atom. The van der Waals surface area contributed by atoms with Gasteiger partial charge in [-0.2, -0.15) is 0 Å². The highest BCUT2D eigenvalue weighted by molar-refractivity contribution is 5.87. The molecule has 2 aromatic carbocycles. The van der Waals surface area contributed by atoms with E-state index in [1.807, 2.05) is 62.7 Å². The average molecular weight is 528 g/mol. The summed E-state index contributed by atoms with van der Waals surface area (Å²) in [6.07, 6.45) is 32.4.